The summed E-state index contributed by atoms with van der Waals surface area (Å²) in [6.45, 7) is 19.6. The van der Waals surface area contributed by atoms with Gasteiger partial charge in [0, 0.05) is 11.1 Å². The molecule has 12 heteroatoms. The third kappa shape index (κ3) is 5.81. The minimum absolute atomic E-state index is 0.00220. The fourth-order valence-electron chi connectivity index (χ4n) is 6.14. The molecule has 4 aromatic rings. The number of ether oxygens (including phenoxy) is 2. The minimum Gasteiger partial charge on any atom is -0.402 e. The predicted octanol–water partition coefficient (Wildman–Crippen LogP) is 10.7. The van der Waals surface area contributed by atoms with Crippen LogP contribution in [0.4, 0.5) is 26.3 Å². The second kappa shape index (κ2) is 12.0. The van der Waals surface area contributed by atoms with Crippen LogP contribution >= 0.6 is 0 Å². The molecule has 0 aliphatic heterocycles. The van der Waals surface area contributed by atoms with E-state index in [0.717, 1.165) is 34.4 Å². The van der Waals surface area contributed by atoms with Crippen molar-refractivity contribution in [2.45, 2.75) is 26.6 Å². The molecule has 6 rings (SSSR count). The number of fused-ring (bicyclic) bond motifs is 4. The minimum atomic E-state index is -5.34. The average Bonchev–Trinajstić information content (AvgIpc) is 3.55. The van der Waals surface area contributed by atoms with Gasteiger partial charge in [-0.1, -0.05) is 48.5 Å². The Morgan fingerprint density at radius 2 is 0.980 bits per heavy atom. The molecule has 0 atom stereocenters. The number of allylic oxidation sites excluding steroid dienone is 6. The molecular weight excluding hydrogens is 658 g/mol. The molecule has 244 valence electrons. The maximum absolute atomic E-state index is 13.2. The highest BCUT2D eigenvalue weighted by molar-refractivity contribution is 6.37. The number of aryl methyl sites for hydroxylation is 2. The first kappa shape index (κ1) is 33.2. The molecule has 2 aliphatic rings. The van der Waals surface area contributed by atoms with Crippen molar-refractivity contribution in [2.24, 2.45) is 0 Å². The molecule has 0 radical (unpaired) electrons. The SMILES string of the molecule is [C-]#[N+]/C(C#N)=C1C2=C(/C(=C(\C#N)[N+]#[C-])c3cc(-c4ccc(C)c(C)c4)ccc32)c2ccc(-c3ccc(OC(F)(F)F)c(OC(F)(F)F)c3)cc2\1. The van der Waals surface area contributed by atoms with Gasteiger partial charge in [0.2, 0.25) is 0 Å². The van der Waals surface area contributed by atoms with E-state index in [2.05, 4.69) is 19.2 Å². The van der Waals surface area contributed by atoms with Crippen LogP contribution in [-0.4, -0.2) is 12.7 Å². The highest BCUT2D eigenvalue weighted by Gasteiger charge is 2.40. The van der Waals surface area contributed by atoms with Crippen molar-refractivity contribution >= 4 is 22.3 Å². The molecule has 4 aromatic carbocycles. The number of nitrogens with zero attached hydrogens (tertiary/aromatic N) is 4. The Hall–Kier alpha value is -6.76. The standard InChI is InChI=1S/C38H18F6N4O2/c1-19-5-6-21(13-20(19)2)22-7-10-25-27(14-22)33(29(17-45)47-3)36-26-11-8-23(15-28(26)34(35(25)36)30(18-46)48-4)24-9-12-31(49-37(39,40)41)32(16-24)50-38(42,43)44/h5-16H,1-2H3/b33-29+,34-30-. The van der Waals surface area contributed by atoms with E-state index in [0.29, 0.717) is 45.0 Å². The second-order valence-electron chi connectivity index (χ2n) is 11.2. The van der Waals surface area contributed by atoms with Crippen LogP contribution in [0.15, 0.2) is 84.2 Å². The highest BCUT2D eigenvalue weighted by atomic mass is 19.4. The number of benzene rings is 4. The molecule has 0 bridgehead atoms. The van der Waals surface area contributed by atoms with Crippen LogP contribution in [0.2, 0.25) is 0 Å². The molecule has 0 saturated carbocycles. The topological polar surface area (TPSA) is 74.8 Å². The molecule has 0 amide bonds. The zero-order valence-corrected chi connectivity index (χ0v) is 25.8. The Kier molecular flexibility index (Phi) is 7.98. The molecule has 6 nitrogen and oxygen atoms in total. The second-order valence-corrected chi connectivity index (χ2v) is 11.2. The Morgan fingerprint density at radius 1 is 0.560 bits per heavy atom. The van der Waals surface area contributed by atoms with E-state index in [-0.39, 0.29) is 28.1 Å². The van der Waals surface area contributed by atoms with Gasteiger partial charge in [-0.15, -0.1) is 26.3 Å². The summed E-state index contributed by atoms with van der Waals surface area (Å²) in [5.74, 6) is -2.45. The molecule has 0 aromatic heterocycles. The number of rotatable bonds is 4. The van der Waals surface area contributed by atoms with Crippen molar-refractivity contribution in [1.82, 2.24) is 0 Å². The molecule has 0 N–H and O–H groups in total. The maximum Gasteiger partial charge on any atom is 0.573 e. The van der Waals surface area contributed by atoms with Gasteiger partial charge in [0.25, 0.3) is 11.4 Å². The first-order chi connectivity index (χ1) is 23.7. The largest absolute Gasteiger partial charge is 0.573 e. The van der Waals surface area contributed by atoms with Crippen LogP contribution in [0.3, 0.4) is 0 Å². The average molecular weight is 677 g/mol. The van der Waals surface area contributed by atoms with Crippen LogP contribution in [0, 0.1) is 49.7 Å². The quantitative estimate of drug-likeness (QED) is 0.123. The van der Waals surface area contributed by atoms with E-state index in [9.17, 15) is 36.9 Å². The Balaban J connectivity index is 1.56. The summed E-state index contributed by atoms with van der Waals surface area (Å²) in [7, 11) is 0. The third-order valence-corrected chi connectivity index (χ3v) is 8.34. The van der Waals surface area contributed by atoms with Crippen LogP contribution in [0.5, 0.6) is 11.5 Å². The Labute approximate surface area is 281 Å². The van der Waals surface area contributed by atoms with Crippen molar-refractivity contribution in [1.29, 1.82) is 10.5 Å². The summed E-state index contributed by atoms with van der Waals surface area (Å²) in [5, 5.41) is 20.1. The summed E-state index contributed by atoms with van der Waals surface area (Å²) in [5.41, 5.74) is 6.65. The van der Waals surface area contributed by atoms with Gasteiger partial charge < -0.3 is 9.47 Å². The Morgan fingerprint density at radius 3 is 1.42 bits per heavy atom. The lowest BCUT2D eigenvalue weighted by atomic mass is 9.88. The smallest absolute Gasteiger partial charge is 0.402 e. The first-order valence-electron chi connectivity index (χ1n) is 14.5. The molecule has 50 heavy (non-hydrogen) atoms. The van der Waals surface area contributed by atoms with Crippen molar-refractivity contribution in [3.05, 3.63) is 140 Å². The molecule has 0 fully saturated rings. The van der Waals surface area contributed by atoms with Gasteiger partial charge in [-0.05, 0) is 105 Å². The summed E-state index contributed by atoms with van der Waals surface area (Å²) in [4.78, 5) is 6.93. The van der Waals surface area contributed by atoms with Crippen molar-refractivity contribution in [3.63, 3.8) is 0 Å². The maximum atomic E-state index is 13.2. The molecular formula is C38H18F6N4O2. The lowest BCUT2D eigenvalue weighted by Crippen LogP contribution is -2.21. The third-order valence-electron chi connectivity index (χ3n) is 8.34. The lowest BCUT2D eigenvalue weighted by Gasteiger charge is -2.17. The number of hydrogen-bond donors (Lipinski definition) is 0. The fraction of sp³-hybridized carbons (Fsp3) is 0.105. The van der Waals surface area contributed by atoms with E-state index < -0.39 is 24.2 Å². The van der Waals surface area contributed by atoms with Gasteiger partial charge in [0.05, 0.1) is 25.3 Å². The van der Waals surface area contributed by atoms with Crippen molar-refractivity contribution in [2.75, 3.05) is 0 Å². The number of halogens is 6. The summed E-state index contributed by atoms with van der Waals surface area (Å²) in [6.07, 6.45) is -10.6. The lowest BCUT2D eigenvalue weighted by molar-refractivity contribution is -0.287. The van der Waals surface area contributed by atoms with Gasteiger partial charge in [-0.2, -0.15) is 0 Å². The molecule has 0 spiro atoms. The van der Waals surface area contributed by atoms with Crippen molar-refractivity contribution in [3.8, 4) is 45.9 Å². The fourth-order valence-corrected chi connectivity index (χ4v) is 6.14. The predicted molar refractivity (Wildman–Crippen MR) is 172 cm³/mol. The van der Waals surface area contributed by atoms with Gasteiger partial charge in [0.1, 0.15) is 0 Å². The Bertz CT molecular complexity index is 2390. The van der Waals surface area contributed by atoms with E-state index in [1.54, 1.807) is 12.1 Å². The first-order valence-corrected chi connectivity index (χ1v) is 14.5. The number of hydrogen-bond acceptors (Lipinski definition) is 4. The van der Waals surface area contributed by atoms with E-state index in [1.165, 1.54) is 12.1 Å². The van der Waals surface area contributed by atoms with Gasteiger partial charge in [-0.3, -0.25) is 0 Å². The zero-order valence-electron chi connectivity index (χ0n) is 25.8. The van der Waals surface area contributed by atoms with Crippen LogP contribution < -0.4 is 9.47 Å². The van der Waals surface area contributed by atoms with E-state index in [1.807, 2.05) is 56.3 Å². The van der Waals surface area contributed by atoms with Crippen molar-refractivity contribution < 1.29 is 35.8 Å². The monoisotopic (exact) mass is 676 g/mol. The highest BCUT2D eigenvalue weighted by Crippen LogP contribution is 2.60. The molecule has 0 unspecified atom stereocenters. The summed E-state index contributed by atoms with van der Waals surface area (Å²) >= 11 is 0. The molecule has 0 saturated heterocycles. The normalized spacial score (nSPS) is 15.1. The molecule has 0 heterocycles. The van der Waals surface area contributed by atoms with Gasteiger partial charge in [-0.25, -0.2) is 20.2 Å². The van der Waals surface area contributed by atoms with Crippen LogP contribution in [0.1, 0.15) is 33.4 Å². The summed E-state index contributed by atoms with van der Waals surface area (Å²) < 4.78 is 86.0. The van der Waals surface area contributed by atoms with Gasteiger partial charge in [0.15, 0.2) is 11.5 Å². The number of alkyl halides is 6. The van der Waals surface area contributed by atoms with E-state index >= 15 is 0 Å². The van der Waals surface area contributed by atoms with Crippen LogP contribution in [-0.2, 0) is 0 Å². The zero-order chi connectivity index (χ0) is 36.1. The van der Waals surface area contributed by atoms with Gasteiger partial charge >= 0.3 is 12.7 Å². The summed E-state index contributed by atoms with van der Waals surface area (Å²) in [6, 6.07) is 22.3. The molecule has 2 aliphatic carbocycles. The van der Waals surface area contributed by atoms with Crippen LogP contribution in [0.25, 0.3) is 54.2 Å². The van der Waals surface area contributed by atoms with E-state index in [4.69, 9.17) is 13.1 Å². The number of nitriles is 2.